The number of aromatic hydroxyl groups is 1. The van der Waals surface area contributed by atoms with Gasteiger partial charge in [0.2, 0.25) is 0 Å². The summed E-state index contributed by atoms with van der Waals surface area (Å²) in [5.74, 6) is 0.572. The standard InChI is InChI=1S/C7H7BN4O/c1-11-7(6(13)3-9-11)12-4-5(8)2-10-12/h2-4,13H,1H3. The van der Waals surface area contributed by atoms with E-state index in [0.29, 0.717) is 11.3 Å². The first-order valence-corrected chi connectivity index (χ1v) is 3.70. The molecule has 2 rings (SSSR count). The highest BCUT2D eigenvalue weighted by Gasteiger charge is 2.09. The van der Waals surface area contributed by atoms with Gasteiger partial charge in [-0.25, -0.2) is 9.36 Å². The van der Waals surface area contributed by atoms with Crippen LogP contribution in [0.2, 0.25) is 0 Å². The van der Waals surface area contributed by atoms with E-state index in [1.807, 2.05) is 0 Å². The fourth-order valence-corrected chi connectivity index (χ4v) is 1.14. The fraction of sp³-hybridized carbons (Fsp3) is 0.143. The van der Waals surface area contributed by atoms with Crippen LogP contribution < -0.4 is 5.46 Å². The van der Waals surface area contributed by atoms with Gasteiger partial charge in [-0.3, -0.25) is 0 Å². The molecule has 0 saturated carbocycles. The van der Waals surface area contributed by atoms with Gasteiger partial charge >= 0.3 is 0 Å². The van der Waals surface area contributed by atoms with Crippen LogP contribution >= 0.6 is 0 Å². The van der Waals surface area contributed by atoms with Gasteiger partial charge in [-0.1, -0.05) is 5.46 Å². The van der Waals surface area contributed by atoms with Crippen molar-refractivity contribution in [1.82, 2.24) is 19.6 Å². The molecule has 0 bridgehead atoms. The molecule has 0 aliphatic carbocycles. The average molecular weight is 174 g/mol. The molecule has 0 unspecified atom stereocenters. The van der Waals surface area contributed by atoms with E-state index >= 15 is 0 Å². The van der Waals surface area contributed by atoms with Crippen LogP contribution in [0.25, 0.3) is 5.82 Å². The first-order valence-electron chi connectivity index (χ1n) is 3.70. The van der Waals surface area contributed by atoms with Crippen molar-refractivity contribution >= 4 is 13.3 Å². The lowest BCUT2D eigenvalue weighted by Crippen LogP contribution is -2.04. The Hall–Kier alpha value is -1.72. The van der Waals surface area contributed by atoms with Crippen molar-refractivity contribution in [3.63, 3.8) is 0 Å². The SMILES string of the molecule is [B]c1cnn(-c2c(O)cnn2C)c1. The zero-order valence-electron chi connectivity index (χ0n) is 7.05. The van der Waals surface area contributed by atoms with E-state index in [4.69, 9.17) is 7.85 Å². The molecule has 2 aromatic rings. The lowest BCUT2D eigenvalue weighted by molar-refractivity contribution is 0.468. The third-order valence-electron chi connectivity index (χ3n) is 1.71. The third kappa shape index (κ3) is 1.20. The van der Waals surface area contributed by atoms with Crippen LogP contribution in [-0.2, 0) is 7.05 Å². The molecule has 0 amide bonds. The first kappa shape index (κ1) is 7.91. The summed E-state index contributed by atoms with van der Waals surface area (Å²) in [4.78, 5) is 0. The van der Waals surface area contributed by atoms with Gasteiger partial charge in [-0.15, -0.1) is 0 Å². The smallest absolute Gasteiger partial charge is 0.194 e. The van der Waals surface area contributed by atoms with Crippen molar-refractivity contribution in [3.05, 3.63) is 18.6 Å². The molecule has 6 heteroatoms. The summed E-state index contributed by atoms with van der Waals surface area (Å²) in [5, 5.41) is 17.2. The summed E-state index contributed by atoms with van der Waals surface area (Å²) in [6.07, 6.45) is 4.47. The van der Waals surface area contributed by atoms with Crippen molar-refractivity contribution in [1.29, 1.82) is 0 Å². The Morgan fingerprint density at radius 3 is 2.62 bits per heavy atom. The topological polar surface area (TPSA) is 55.9 Å². The second-order valence-corrected chi connectivity index (χ2v) is 2.70. The van der Waals surface area contributed by atoms with Gasteiger partial charge in [-0.2, -0.15) is 10.2 Å². The summed E-state index contributed by atoms with van der Waals surface area (Å²) in [7, 11) is 7.21. The highest BCUT2D eigenvalue weighted by Crippen LogP contribution is 2.17. The Morgan fingerprint density at radius 2 is 2.15 bits per heavy atom. The Balaban J connectivity index is 2.57. The predicted octanol–water partition coefficient (Wildman–Crippen LogP) is -0.895. The number of hydrogen-bond acceptors (Lipinski definition) is 3. The predicted molar refractivity (Wildman–Crippen MR) is 47.4 cm³/mol. The molecular weight excluding hydrogens is 167 g/mol. The number of rotatable bonds is 1. The number of aryl methyl sites for hydroxylation is 1. The van der Waals surface area contributed by atoms with E-state index in [2.05, 4.69) is 10.2 Å². The molecule has 64 valence electrons. The van der Waals surface area contributed by atoms with Crippen molar-refractivity contribution in [2.75, 3.05) is 0 Å². The molecule has 2 radical (unpaired) electrons. The van der Waals surface area contributed by atoms with Crippen LogP contribution in [0.1, 0.15) is 0 Å². The summed E-state index contributed by atoms with van der Waals surface area (Å²) in [6, 6.07) is 0. The van der Waals surface area contributed by atoms with Crippen molar-refractivity contribution in [2.45, 2.75) is 0 Å². The van der Waals surface area contributed by atoms with Crippen LogP contribution in [0.15, 0.2) is 18.6 Å². The number of nitrogens with zero attached hydrogens (tertiary/aromatic N) is 4. The van der Waals surface area contributed by atoms with Gasteiger partial charge in [-0.05, 0) is 0 Å². The maximum Gasteiger partial charge on any atom is 0.194 e. The Labute approximate surface area is 76.0 Å². The van der Waals surface area contributed by atoms with Gasteiger partial charge in [0.1, 0.15) is 7.85 Å². The first-order chi connectivity index (χ1) is 6.18. The fourth-order valence-electron chi connectivity index (χ4n) is 1.14. The second-order valence-electron chi connectivity index (χ2n) is 2.70. The molecule has 13 heavy (non-hydrogen) atoms. The summed E-state index contributed by atoms with van der Waals surface area (Å²) in [6.45, 7) is 0. The van der Waals surface area contributed by atoms with Crippen LogP contribution in [0.5, 0.6) is 5.75 Å². The Morgan fingerprint density at radius 1 is 1.38 bits per heavy atom. The summed E-state index contributed by atoms with van der Waals surface area (Å²) < 4.78 is 2.99. The van der Waals surface area contributed by atoms with E-state index < -0.39 is 0 Å². The highest BCUT2D eigenvalue weighted by molar-refractivity contribution is 6.31. The number of hydrogen-bond donors (Lipinski definition) is 1. The molecule has 5 nitrogen and oxygen atoms in total. The molecular formula is C7H7BN4O. The van der Waals surface area contributed by atoms with E-state index in [-0.39, 0.29) is 5.75 Å². The van der Waals surface area contributed by atoms with Gasteiger partial charge in [0, 0.05) is 19.4 Å². The molecule has 0 aromatic carbocycles. The van der Waals surface area contributed by atoms with E-state index in [9.17, 15) is 5.11 Å². The van der Waals surface area contributed by atoms with E-state index in [1.165, 1.54) is 21.8 Å². The van der Waals surface area contributed by atoms with E-state index in [1.54, 1.807) is 13.2 Å². The lowest BCUT2D eigenvalue weighted by Gasteiger charge is -2.01. The average Bonchev–Trinajstić information content (AvgIpc) is 2.60. The van der Waals surface area contributed by atoms with Gasteiger partial charge in [0.15, 0.2) is 11.6 Å². The lowest BCUT2D eigenvalue weighted by atomic mass is 10.0. The van der Waals surface area contributed by atoms with Gasteiger partial charge in [0.25, 0.3) is 0 Å². The quantitative estimate of drug-likeness (QED) is 0.570. The summed E-state index contributed by atoms with van der Waals surface area (Å²) >= 11 is 0. The van der Waals surface area contributed by atoms with Crippen LogP contribution in [0, 0.1) is 0 Å². The molecule has 0 aliphatic heterocycles. The molecule has 1 N–H and O–H groups in total. The minimum absolute atomic E-state index is 0.0746. The summed E-state index contributed by atoms with van der Waals surface area (Å²) in [5.41, 5.74) is 0.542. The molecule has 2 aromatic heterocycles. The van der Waals surface area contributed by atoms with Crippen molar-refractivity contribution in [2.24, 2.45) is 7.05 Å². The second kappa shape index (κ2) is 2.65. The van der Waals surface area contributed by atoms with Gasteiger partial charge in [0.05, 0.1) is 6.20 Å². The van der Waals surface area contributed by atoms with Crippen LogP contribution in [0.4, 0.5) is 0 Å². The molecule has 2 heterocycles. The molecule has 0 atom stereocenters. The Kier molecular flexibility index (Phi) is 1.61. The number of aromatic nitrogens is 4. The maximum absolute atomic E-state index is 9.41. The largest absolute Gasteiger partial charge is 0.503 e. The minimum atomic E-state index is 0.0746. The third-order valence-corrected chi connectivity index (χ3v) is 1.71. The monoisotopic (exact) mass is 174 g/mol. The normalized spacial score (nSPS) is 10.5. The van der Waals surface area contributed by atoms with Gasteiger partial charge < -0.3 is 5.11 Å². The zero-order valence-corrected chi connectivity index (χ0v) is 7.05. The highest BCUT2D eigenvalue weighted by atomic mass is 16.3. The molecule has 0 aliphatic rings. The maximum atomic E-state index is 9.41. The van der Waals surface area contributed by atoms with Crippen LogP contribution in [-0.4, -0.2) is 32.5 Å². The molecule has 0 saturated heterocycles. The van der Waals surface area contributed by atoms with E-state index in [0.717, 1.165) is 0 Å². The zero-order chi connectivity index (χ0) is 9.42. The minimum Gasteiger partial charge on any atom is -0.503 e. The van der Waals surface area contributed by atoms with Crippen LogP contribution in [0.3, 0.4) is 0 Å². The van der Waals surface area contributed by atoms with Crippen molar-refractivity contribution < 1.29 is 5.11 Å². The molecule has 0 fully saturated rings. The molecule has 0 spiro atoms. The Bertz CT molecular complexity index is 414. The van der Waals surface area contributed by atoms with Crippen molar-refractivity contribution in [3.8, 4) is 11.6 Å².